The average molecular weight is 335 g/mol. The molecule has 0 atom stereocenters. The van der Waals surface area contributed by atoms with Crippen LogP contribution >= 0.6 is 0 Å². The minimum absolute atomic E-state index is 0.0636. The summed E-state index contributed by atoms with van der Waals surface area (Å²) in [7, 11) is 0. The molecule has 0 aliphatic heterocycles. The van der Waals surface area contributed by atoms with Crippen molar-refractivity contribution in [3.8, 4) is 0 Å². The van der Waals surface area contributed by atoms with Gasteiger partial charge in [-0.3, -0.25) is 0 Å². The van der Waals surface area contributed by atoms with Gasteiger partial charge in [-0.1, -0.05) is 48.5 Å². The molecule has 0 N–H and O–H groups in total. The topological polar surface area (TPSA) is 0 Å². The Bertz CT molecular complexity index is 445. The van der Waals surface area contributed by atoms with Crippen LogP contribution in [-0.4, -0.2) is 0 Å². The van der Waals surface area contributed by atoms with Crippen molar-refractivity contribution in [1.82, 2.24) is 0 Å². The van der Waals surface area contributed by atoms with Gasteiger partial charge in [-0.05, 0) is 36.6 Å². The molecule has 0 saturated carbocycles. The molecule has 2 aromatic carbocycles. The Kier molecular flexibility index (Phi) is 5.30. The van der Waals surface area contributed by atoms with Crippen LogP contribution in [0.2, 0.25) is 0 Å². The lowest BCUT2D eigenvalue weighted by Gasteiger charge is -1.94. The molecule has 0 nitrogen and oxygen atoms in total. The van der Waals surface area contributed by atoms with E-state index < -0.39 is 0 Å². The van der Waals surface area contributed by atoms with E-state index in [1.165, 1.54) is 9.13 Å². The van der Waals surface area contributed by atoms with Gasteiger partial charge in [0.1, 0.15) is 0 Å². The summed E-state index contributed by atoms with van der Waals surface area (Å²) in [6, 6.07) is 21.4. The third-order valence-electron chi connectivity index (χ3n) is 2.45. The van der Waals surface area contributed by atoms with Gasteiger partial charge in [-0.15, -0.1) is 0 Å². The van der Waals surface area contributed by atoms with Crippen molar-refractivity contribution in [2.24, 2.45) is 0 Å². The van der Waals surface area contributed by atoms with Gasteiger partial charge in [-0.25, -0.2) is 0 Å². The van der Waals surface area contributed by atoms with E-state index in [1.54, 1.807) is 0 Å². The molecule has 17 heavy (non-hydrogen) atoms. The van der Waals surface area contributed by atoms with E-state index in [9.17, 15) is 0 Å². The number of allylic oxidation sites excluding steroid dienone is 1. The maximum atomic E-state index is 2.37. The molecular weight excluding hydrogens is 319 g/mol. The molecule has 0 aromatic heterocycles. The molecule has 0 radical (unpaired) electrons. The van der Waals surface area contributed by atoms with Crippen LogP contribution < -0.4 is 21.2 Å². The second-order valence-electron chi connectivity index (χ2n) is 3.79. The number of halogens is 1. The quantitative estimate of drug-likeness (QED) is 0.718. The lowest BCUT2D eigenvalue weighted by molar-refractivity contribution is -0.557. The molecule has 0 fully saturated rings. The summed E-state index contributed by atoms with van der Waals surface area (Å²) in [5.41, 5.74) is 1.43. The molecule has 0 aliphatic rings. The highest BCUT2D eigenvalue weighted by Crippen LogP contribution is 2.01. The number of aryl methyl sites for hydroxylation is 1. The highest BCUT2D eigenvalue weighted by atomic mass is 127. The first kappa shape index (κ1) is 12.4. The molecular formula is C16H16I+. The summed E-state index contributed by atoms with van der Waals surface area (Å²) in [5.74, 6) is 0. The van der Waals surface area contributed by atoms with Gasteiger partial charge in [0.05, 0.1) is 0 Å². The van der Waals surface area contributed by atoms with Gasteiger partial charge in [0.15, 0.2) is 7.65 Å². The van der Waals surface area contributed by atoms with Gasteiger partial charge in [-0.2, -0.15) is 0 Å². The summed E-state index contributed by atoms with van der Waals surface area (Å²) < 4.78 is 3.86. The highest BCUT2D eigenvalue weighted by molar-refractivity contribution is 5.15. The summed E-state index contributed by atoms with van der Waals surface area (Å²) in [6.07, 6.45) is 4.62. The van der Waals surface area contributed by atoms with Crippen LogP contribution in [0.4, 0.5) is 0 Å². The first-order valence-corrected chi connectivity index (χ1v) is 8.15. The fourth-order valence-corrected chi connectivity index (χ4v) is 3.42. The summed E-state index contributed by atoms with van der Waals surface area (Å²) in [6.45, 7) is 0. The molecule has 0 amide bonds. The minimum atomic E-state index is 0.0636. The zero-order valence-electron chi connectivity index (χ0n) is 9.72. The smallest absolute Gasteiger partial charge is 0.0622 e. The van der Waals surface area contributed by atoms with Crippen LogP contribution in [0.1, 0.15) is 12.0 Å². The molecule has 1 heteroatoms. The lowest BCUT2D eigenvalue weighted by atomic mass is 10.1. The standard InChI is InChI=1S/C16H16I/c1-3-9-15(10-4-1)11-7-8-14-17-16-12-5-2-6-13-16/h1-6,8-10,12-14H,7,11H2/q+1/b14-8+. The number of hydrogen-bond donors (Lipinski definition) is 0. The molecule has 0 unspecified atom stereocenters. The molecule has 0 heterocycles. The van der Waals surface area contributed by atoms with Crippen molar-refractivity contribution >= 4 is 0 Å². The third-order valence-corrected chi connectivity index (χ3v) is 4.76. The second-order valence-corrected chi connectivity index (χ2v) is 6.38. The number of benzene rings is 2. The molecule has 0 saturated heterocycles. The zero-order chi connectivity index (χ0) is 11.8. The van der Waals surface area contributed by atoms with Gasteiger partial charge in [0.25, 0.3) is 0 Å². The van der Waals surface area contributed by atoms with Crippen molar-refractivity contribution in [3.63, 3.8) is 0 Å². The van der Waals surface area contributed by atoms with Crippen LogP contribution in [0.3, 0.4) is 0 Å². The van der Waals surface area contributed by atoms with Crippen molar-refractivity contribution < 1.29 is 21.2 Å². The maximum Gasteiger partial charge on any atom is 0.349 e. The normalized spacial score (nSPS) is 10.8. The van der Waals surface area contributed by atoms with Crippen molar-refractivity contribution in [3.05, 3.63) is 80.0 Å². The van der Waals surface area contributed by atoms with E-state index in [0.717, 1.165) is 12.8 Å². The molecule has 2 aromatic rings. The van der Waals surface area contributed by atoms with Gasteiger partial charge in [0, 0.05) is 0 Å². The summed E-state index contributed by atoms with van der Waals surface area (Å²) in [4.78, 5) is 0. The fourth-order valence-electron chi connectivity index (χ4n) is 1.56. The highest BCUT2D eigenvalue weighted by Gasteiger charge is 2.04. The Morgan fingerprint density at radius 1 is 0.824 bits per heavy atom. The second kappa shape index (κ2) is 7.28. The molecule has 0 spiro atoms. The van der Waals surface area contributed by atoms with Crippen LogP contribution in [0.25, 0.3) is 0 Å². The van der Waals surface area contributed by atoms with Crippen molar-refractivity contribution in [2.45, 2.75) is 12.8 Å². The largest absolute Gasteiger partial charge is 0.349 e. The third kappa shape index (κ3) is 4.73. The van der Waals surface area contributed by atoms with E-state index in [2.05, 4.69) is 70.8 Å². The Labute approximate surface area is 114 Å². The van der Waals surface area contributed by atoms with Crippen molar-refractivity contribution in [2.75, 3.05) is 0 Å². The van der Waals surface area contributed by atoms with Crippen molar-refractivity contribution in [1.29, 1.82) is 0 Å². The Morgan fingerprint density at radius 3 is 2.18 bits per heavy atom. The fraction of sp³-hybridized carbons (Fsp3) is 0.125. The Balaban J connectivity index is 1.72. The minimum Gasteiger partial charge on any atom is -0.0622 e. The molecule has 0 bridgehead atoms. The van der Waals surface area contributed by atoms with Gasteiger partial charge in [0.2, 0.25) is 0 Å². The van der Waals surface area contributed by atoms with E-state index in [-0.39, 0.29) is 21.2 Å². The molecule has 0 aliphatic carbocycles. The molecule has 2 rings (SSSR count). The Hall–Kier alpha value is -1.09. The maximum absolute atomic E-state index is 2.37. The zero-order valence-corrected chi connectivity index (χ0v) is 11.9. The van der Waals surface area contributed by atoms with Crippen LogP contribution in [0.5, 0.6) is 0 Å². The van der Waals surface area contributed by atoms with Crippen LogP contribution in [-0.2, 0) is 6.42 Å². The monoisotopic (exact) mass is 335 g/mol. The molecule has 86 valence electrons. The Morgan fingerprint density at radius 2 is 1.47 bits per heavy atom. The first-order valence-electron chi connectivity index (χ1n) is 5.82. The van der Waals surface area contributed by atoms with E-state index in [0.29, 0.717) is 0 Å². The first-order chi connectivity index (χ1) is 8.45. The SMILES string of the molecule is C(=C\[I+]c1ccccc1)/CCc1ccccc1. The van der Waals surface area contributed by atoms with E-state index in [1.807, 2.05) is 0 Å². The summed E-state index contributed by atoms with van der Waals surface area (Å²) in [5, 5.41) is 0. The van der Waals surface area contributed by atoms with E-state index >= 15 is 0 Å². The van der Waals surface area contributed by atoms with Gasteiger partial charge < -0.3 is 0 Å². The number of hydrogen-bond acceptors (Lipinski definition) is 0. The lowest BCUT2D eigenvalue weighted by Crippen LogP contribution is -3.59. The average Bonchev–Trinajstić information content (AvgIpc) is 2.41. The predicted molar refractivity (Wildman–Crippen MR) is 69.0 cm³/mol. The van der Waals surface area contributed by atoms with Gasteiger partial charge >= 0.3 is 21.2 Å². The van der Waals surface area contributed by atoms with Crippen LogP contribution in [0, 0.1) is 3.57 Å². The number of rotatable bonds is 5. The predicted octanol–water partition coefficient (Wildman–Crippen LogP) is 1.09. The van der Waals surface area contributed by atoms with E-state index in [4.69, 9.17) is 0 Å². The summed E-state index contributed by atoms with van der Waals surface area (Å²) >= 11 is 0.0636. The van der Waals surface area contributed by atoms with Crippen LogP contribution in [0.15, 0.2) is 70.8 Å².